The third kappa shape index (κ3) is 2.30. The number of hydrogen-bond donors (Lipinski definition) is 1. The second kappa shape index (κ2) is 4.85. The topological polar surface area (TPSA) is 42.2 Å². The number of aryl methyl sites for hydroxylation is 2. The van der Waals surface area contributed by atoms with Crippen LogP contribution in [0, 0.1) is 13.8 Å². The number of benzene rings is 2. The van der Waals surface area contributed by atoms with Gasteiger partial charge >= 0.3 is 0 Å². The molecule has 0 aliphatic rings. The minimum Gasteiger partial charge on any atom is -0.451 e. The summed E-state index contributed by atoms with van der Waals surface area (Å²) >= 11 is 0. The zero-order valence-corrected chi connectivity index (χ0v) is 11.4. The molecular formula is C17H15NO2. The van der Waals surface area contributed by atoms with Crippen LogP contribution in [0.25, 0.3) is 11.0 Å². The number of carbonyl (C=O) groups excluding carboxylic acids is 1. The molecule has 3 heteroatoms. The Morgan fingerprint density at radius 1 is 1.00 bits per heavy atom. The lowest BCUT2D eigenvalue weighted by Gasteiger charge is -2.06. The molecule has 100 valence electrons. The minimum atomic E-state index is -0.232. The molecule has 0 bridgehead atoms. The minimum absolute atomic E-state index is 0.232. The Bertz CT molecular complexity index is 754. The van der Waals surface area contributed by atoms with Crippen LogP contribution in [0.4, 0.5) is 5.69 Å². The summed E-state index contributed by atoms with van der Waals surface area (Å²) in [5.41, 5.74) is 3.84. The van der Waals surface area contributed by atoms with Gasteiger partial charge in [-0.25, -0.2) is 0 Å². The summed E-state index contributed by atoms with van der Waals surface area (Å²) < 4.78 is 5.54. The molecule has 0 fully saturated rings. The maximum atomic E-state index is 12.2. The van der Waals surface area contributed by atoms with Crippen molar-refractivity contribution in [1.29, 1.82) is 0 Å². The van der Waals surface area contributed by atoms with E-state index in [-0.39, 0.29) is 5.91 Å². The van der Waals surface area contributed by atoms with E-state index in [2.05, 4.69) is 5.32 Å². The van der Waals surface area contributed by atoms with Gasteiger partial charge in [-0.2, -0.15) is 0 Å². The Balaban J connectivity index is 1.86. The first-order valence-corrected chi connectivity index (χ1v) is 6.51. The molecule has 1 N–H and O–H groups in total. The molecule has 0 unspecified atom stereocenters. The SMILES string of the molecule is Cc1ccc(NC(=O)c2cc3ccccc3o2)cc1C. The van der Waals surface area contributed by atoms with Crippen molar-refractivity contribution in [2.45, 2.75) is 13.8 Å². The van der Waals surface area contributed by atoms with Gasteiger partial charge in [-0.15, -0.1) is 0 Å². The first-order valence-electron chi connectivity index (χ1n) is 6.51. The highest BCUT2D eigenvalue weighted by molar-refractivity contribution is 6.04. The average molecular weight is 265 g/mol. The van der Waals surface area contributed by atoms with Crippen molar-refractivity contribution in [2.24, 2.45) is 0 Å². The van der Waals surface area contributed by atoms with E-state index >= 15 is 0 Å². The van der Waals surface area contributed by atoms with E-state index in [9.17, 15) is 4.79 Å². The highest BCUT2D eigenvalue weighted by Gasteiger charge is 2.12. The van der Waals surface area contributed by atoms with E-state index in [1.54, 1.807) is 6.07 Å². The number of amides is 1. The number of para-hydroxylation sites is 1. The largest absolute Gasteiger partial charge is 0.451 e. The van der Waals surface area contributed by atoms with Crippen molar-refractivity contribution in [2.75, 3.05) is 5.32 Å². The summed E-state index contributed by atoms with van der Waals surface area (Å²) in [5.74, 6) is 0.0916. The summed E-state index contributed by atoms with van der Waals surface area (Å²) in [6.07, 6.45) is 0. The molecule has 0 saturated heterocycles. The molecule has 3 rings (SSSR count). The molecule has 20 heavy (non-hydrogen) atoms. The molecule has 1 heterocycles. The number of hydrogen-bond acceptors (Lipinski definition) is 2. The zero-order valence-electron chi connectivity index (χ0n) is 11.4. The first kappa shape index (κ1) is 12.5. The van der Waals surface area contributed by atoms with Crippen LogP contribution in [0.3, 0.4) is 0 Å². The molecule has 1 aromatic heterocycles. The van der Waals surface area contributed by atoms with Crippen LogP contribution in [0.15, 0.2) is 52.9 Å². The fourth-order valence-corrected chi connectivity index (χ4v) is 2.11. The van der Waals surface area contributed by atoms with Crippen molar-refractivity contribution >= 4 is 22.6 Å². The molecule has 0 radical (unpaired) electrons. The third-order valence-electron chi connectivity index (χ3n) is 3.41. The standard InChI is InChI=1S/C17H15NO2/c1-11-7-8-14(9-12(11)2)18-17(19)16-10-13-5-3-4-6-15(13)20-16/h3-10H,1-2H3,(H,18,19). The molecule has 0 aliphatic heterocycles. The molecule has 0 aliphatic carbocycles. The predicted octanol–water partition coefficient (Wildman–Crippen LogP) is 4.30. The van der Waals surface area contributed by atoms with Crippen LogP contribution in [0.2, 0.25) is 0 Å². The van der Waals surface area contributed by atoms with Crippen molar-refractivity contribution < 1.29 is 9.21 Å². The van der Waals surface area contributed by atoms with Gasteiger partial charge in [0.05, 0.1) is 0 Å². The van der Waals surface area contributed by atoms with E-state index in [4.69, 9.17) is 4.42 Å². The fraction of sp³-hybridized carbons (Fsp3) is 0.118. The lowest BCUT2D eigenvalue weighted by Crippen LogP contribution is -2.10. The van der Waals surface area contributed by atoms with Crippen molar-refractivity contribution in [3.63, 3.8) is 0 Å². The van der Waals surface area contributed by atoms with Crippen LogP contribution in [0.5, 0.6) is 0 Å². The average Bonchev–Trinajstić information content (AvgIpc) is 2.87. The van der Waals surface area contributed by atoms with Crippen molar-refractivity contribution in [3.8, 4) is 0 Å². The Labute approximate surface area is 117 Å². The zero-order chi connectivity index (χ0) is 14.1. The van der Waals surface area contributed by atoms with Gasteiger partial charge in [0.1, 0.15) is 5.58 Å². The van der Waals surface area contributed by atoms with Gasteiger partial charge in [-0.1, -0.05) is 24.3 Å². The van der Waals surface area contributed by atoms with Crippen LogP contribution in [-0.4, -0.2) is 5.91 Å². The van der Waals surface area contributed by atoms with Gasteiger partial charge < -0.3 is 9.73 Å². The van der Waals surface area contributed by atoms with Crippen LogP contribution < -0.4 is 5.32 Å². The Hall–Kier alpha value is -2.55. The van der Waals surface area contributed by atoms with Crippen molar-refractivity contribution in [1.82, 2.24) is 0 Å². The summed E-state index contributed by atoms with van der Waals surface area (Å²) in [5, 5.41) is 3.78. The molecule has 2 aromatic carbocycles. The number of carbonyl (C=O) groups is 1. The van der Waals surface area contributed by atoms with E-state index in [0.29, 0.717) is 5.76 Å². The van der Waals surface area contributed by atoms with Crippen LogP contribution in [0.1, 0.15) is 21.7 Å². The monoisotopic (exact) mass is 265 g/mol. The molecule has 3 aromatic rings. The third-order valence-corrected chi connectivity index (χ3v) is 3.41. The van der Waals surface area contributed by atoms with E-state index in [1.165, 1.54) is 5.56 Å². The maximum absolute atomic E-state index is 12.2. The van der Waals surface area contributed by atoms with Crippen LogP contribution in [-0.2, 0) is 0 Å². The lowest BCUT2D eigenvalue weighted by molar-refractivity contribution is 0.0998. The first-order chi connectivity index (χ1) is 9.63. The predicted molar refractivity (Wildman–Crippen MR) is 80.1 cm³/mol. The number of fused-ring (bicyclic) bond motifs is 1. The van der Waals surface area contributed by atoms with Crippen LogP contribution >= 0.6 is 0 Å². The van der Waals surface area contributed by atoms with Gasteiger partial charge in [-0.3, -0.25) is 4.79 Å². The Kier molecular flexibility index (Phi) is 3.03. The molecular weight excluding hydrogens is 250 g/mol. The molecule has 0 spiro atoms. The molecule has 1 amide bonds. The van der Waals surface area contributed by atoms with Gasteiger partial charge in [0, 0.05) is 11.1 Å². The molecule has 0 saturated carbocycles. The van der Waals surface area contributed by atoms with Gasteiger partial charge in [-0.05, 0) is 49.2 Å². The smallest absolute Gasteiger partial charge is 0.291 e. The highest BCUT2D eigenvalue weighted by Crippen LogP contribution is 2.20. The number of rotatable bonds is 2. The highest BCUT2D eigenvalue weighted by atomic mass is 16.3. The fourth-order valence-electron chi connectivity index (χ4n) is 2.11. The number of anilines is 1. The van der Waals surface area contributed by atoms with E-state index < -0.39 is 0 Å². The molecule has 3 nitrogen and oxygen atoms in total. The quantitative estimate of drug-likeness (QED) is 0.750. The summed E-state index contributed by atoms with van der Waals surface area (Å²) in [7, 11) is 0. The van der Waals surface area contributed by atoms with Gasteiger partial charge in [0.2, 0.25) is 0 Å². The number of nitrogens with one attached hydrogen (secondary N) is 1. The van der Waals surface area contributed by atoms with Gasteiger partial charge in [0.25, 0.3) is 5.91 Å². The van der Waals surface area contributed by atoms with Crippen molar-refractivity contribution in [3.05, 3.63) is 65.4 Å². The summed E-state index contributed by atoms with van der Waals surface area (Å²) in [6, 6.07) is 15.2. The van der Waals surface area contributed by atoms with Gasteiger partial charge in [0.15, 0.2) is 5.76 Å². The summed E-state index contributed by atoms with van der Waals surface area (Å²) in [4.78, 5) is 12.2. The van der Waals surface area contributed by atoms with E-state index in [1.807, 2.05) is 56.3 Å². The summed E-state index contributed by atoms with van der Waals surface area (Å²) in [6.45, 7) is 4.06. The normalized spacial score (nSPS) is 10.7. The Morgan fingerprint density at radius 3 is 2.55 bits per heavy atom. The second-order valence-corrected chi connectivity index (χ2v) is 4.90. The Morgan fingerprint density at radius 2 is 1.80 bits per heavy atom. The lowest BCUT2D eigenvalue weighted by atomic mass is 10.1. The van der Waals surface area contributed by atoms with E-state index in [0.717, 1.165) is 22.2 Å². The maximum Gasteiger partial charge on any atom is 0.291 e. The second-order valence-electron chi connectivity index (χ2n) is 4.90. The number of furan rings is 1. The molecule has 0 atom stereocenters.